The molecule has 0 saturated carbocycles. The van der Waals surface area contributed by atoms with E-state index in [4.69, 9.17) is 4.52 Å². The summed E-state index contributed by atoms with van der Waals surface area (Å²) < 4.78 is 4.90. The summed E-state index contributed by atoms with van der Waals surface area (Å²) >= 11 is 0. The third kappa shape index (κ3) is 2.13. The highest BCUT2D eigenvalue weighted by molar-refractivity contribution is 6.06. The van der Waals surface area contributed by atoms with Crippen LogP contribution in [0.25, 0.3) is 0 Å². The lowest BCUT2D eigenvalue weighted by molar-refractivity contribution is 0.0758. The maximum atomic E-state index is 12.0. The molecule has 5 heteroatoms. The maximum Gasteiger partial charge on any atom is 0.276 e. The summed E-state index contributed by atoms with van der Waals surface area (Å²) in [5, 5.41) is 3.67. The molecule has 0 aliphatic heterocycles. The Hall–Kier alpha value is -1.65. The molecule has 0 aliphatic rings. The van der Waals surface area contributed by atoms with Crippen LogP contribution in [0.3, 0.4) is 0 Å². The minimum Gasteiger partial charge on any atom is -0.360 e. The van der Waals surface area contributed by atoms with E-state index >= 15 is 0 Å². The van der Waals surface area contributed by atoms with Gasteiger partial charge < -0.3 is 9.42 Å². The van der Waals surface area contributed by atoms with Crippen molar-refractivity contribution in [1.82, 2.24) is 10.1 Å². The number of ketones is 1. The smallest absolute Gasteiger partial charge is 0.276 e. The molecular weight excluding hydrogens is 208 g/mol. The van der Waals surface area contributed by atoms with Crippen molar-refractivity contribution >= 4 is 11.7 Å². The molecule has 1 aromatic rings. The zero-order valence-electron chi connectivity index (χ0n) is 10.0. The molecule has 88 valence electrons. The molecule has 0 unspecified atom stereocenters. The molecule has 1 rings (SSSR count). The normalized spacial score (nSPS) is 10.2. The highest BCUT2D eigenvalue weighted by Crippen LogP contribution is 2.15. The predicted octanol–water partition coefficient (Wildman–Crippen LogP) is 1.67. The van der Waals surface area contributed by atoms with E-state index in [1.54, 1.807) is 11.8 Å². The number of aromatic nitrogens is 1. The second-order valence-corrected chi connectivity index (χ2v) is 3.50. The Bertz CT molecular complexity index is 405. The van der Waals surface area contributed by atoms with Crippen LogP contribution in [-0.4, -0.2) is 34.8 Å². The summed E-state index contributed by atoms with van der Waals surface area (Å²) in [7, 11) is 0. The Morgan fingerprint density at radius 3 is 2.31 bits per heavy atom. The molecule has 0 aromatic carbocycles. The Balaban J connectivity index is 3.13. The Kier molecular flexibility index (Phi) is 3.82. The van der Waals surface area contributed by atoms with Gasteiger partial charge in [-0.1, -0.05) is 5.16 Å². The van der Waals surface area contributed by atoms with Crippen LogP contribution < -0.4 is 0 Å². The summed E-state index contributed by atoms with van der Waals surface area (Å²) in [6.07, 6.45) is 0. The van der Waals surface area contributed by atoms with Gasteiger partial charge in [0.15, 0.2) is 11.5 Å². The van der Waals surface area contributed by atoms with E-state index in [9.17, 15) is 9.59 Å². The average molecular weight is 224 g/mol. The van der Waals surface area contributed by atoms with Gasteiger partial charge in [-0.3, -0.25) is 9.59 Å². The van der Waals surface area contributed by atoms with Gasteiger partial charge in [-0.2, -0.15) is 0 Å². The standard InChI is InChI=1S/C11H16N2O3/c1-5-13(6-2)11(15)10-9(7(3)14)8(4)16-12-10/h5-6H2,1-4H3. The number of rotatable bonds is 4. The second kappa shape index (κ2) is 4.92. The van der Waals surface area contributed by atoms with Crippen molar-refractivity contribution in [2.75, 3.05) is 13.1 Å². The van der Waals surface area contributed by atoms with Crippen LogP contribution in [0, 0.1) is 6.92 Å². The van der Waals surface area contributed by atoms with E-state index in [2.05, 4.69) is 5.16 Å². The first-order valence-corrected chi connectivity index (χ1v) is 5.29. The third-order valence-corrected chi connectivity index (χ3v) is 2.47. The van der Waals surface area contributed by atoms with Gasteiger partial charge in [0, 0.05) is 13.1 Å². The lowest BCUT2D eigenvalue weighted by Gasteiger charge is -2.17. The average Bonchev–Trinajstić information content (AvgIpc) is 2.61. The van der Waals surface area contributed by atoms with Gasteiger partial charge in [0.25, 0.3) is 5.91 Å². The fourth-order valence-corrected chi connectivity index (χ4v) is 1.59. The second-order valence-electron chi connectivity index (χ2n) is 3.50. The van der Waals surface area contributed by atoms with Crippen LogP contribution in [0.1, 0.15) is 47.4 Å². The van der Waals surface area contributed by atoms with Crippen LogP contribution in [-0.2, 0) is 0 Å². The molecular formula is C11H16N2O3. The highest BCUT2D eigenvalue weighted by Gasteiger charge is 2.25. The largest absolute Gasteiger partial charge is 0.360 e. The first-order chi connectivity index (χ1) is 7.52. The fraction of sp³-hybridized carbons (Fsp3) is 0.545. The first-order valence-electron chi connectivity index (χ1n) is 5.29. The summed E-state index contributed by atoms with van der Waals surface area (Å²) in [5.74, 6) is -0.0655. The Morgan fingerprint density at radius 1 is 1.31 bits per heavy atom. The molecule has 0 atom stereocenters. The number of Topliss-reactive ketones (excluding diaryl/α,β-unsaturated/α-hetero) is 1. The van der Waals surface area contributed by atoms with Gasteiger partial charge in [0.05, 0.1) is 5.56 Å². The molecule has 1 amide bonds. The van der Waals surface area contributed by atoms with Gasteiger partial charge in [-0.15, -0.1) is 0 Å². The highest BCUT2D eigenvalue weighted by atomic mass is 16.5. The van der Waals surface area contributed by atoms with Crippen LogP contribution in [0.2, 0.25) is 0 Å². The quantitative estimate of drug-likeness (QED) is 0.730. The summed E-state index contributed by atoms with van der Waals surface area (Å²) in [5.41, 5.74) is 0.408. The number of nitrogens with zero attached hydrogens (tertiary/aromatic N) is 2. The van der Waals surface area contributed by atoms with E-state index in [1.807, 2.05) is 13.8 Å². The van der Waals surface area contributed by atoms with Crippen molar-refractivity contribution < 1.29 is 14.1 Å². The van der Waals surface area contributed by atoms with E-state index < -0.39 is 0 Å². The molecule has 0 spiro atoms. The molecule has 0 bridgehead atoms. The van der Waals surface area contributed by atoms with Crippen molar-refractivity contribution in [3.8, 4) is 0 Å². The Labute approximate surface area is 94.4 Å². The third-order valence-electron chi connectivity index (χ3n) is 2.47. The van der Waals surface area contributed by atoms with Gasteiger partial charge in [0.2, 0.25) is 0 Å². The number of hydrogen-bond acceptors (Lipinski definition) is 4. The SMILES string of the molecule is CCN(CC)C(=O)c1noc(C)c1C(C)=O. The van der Waals surface area contributed by atoms with Crippen molar-refractivity contribution in [2.24, 2.45) is 0 Å². The number of hydrogen-bond donors (Lipinski definition) is 0. The summed E-state index contributed by atoms with van der Waals surface area (Å²) in [4.78, 5) is 25.0. The monoisotopic (exact) mass is 224 g/mol. The van der Waals surface area contributed by atoms with Crippen molar-refractivity contribution in [3.63, 3.8) is 0 Å². The molecule has 0 aliphatic carbocycles. The van der Waals surface area contributed by atoms with Crippen molar-refractivity contribution in [3.05, 3.63) is 17.0 Å². The number of carbonyl (C=O) groups excluding carboxylic acids is 2. The van der Waals surface area contributed by atoms with E-state index in [0.717, 1.165) is 0 Å². The van der Waals surface area contributed by atoms with Gasteiger partial charge in [-0.25, -0.2) is 0 Å². The number of carbonyl (C=O) groups is 2. The maximum absolute atomic E-state index is 12.0. The predicted molar refractivity (Wildman–Crippen MR) is 58.5 cm³/mol. The Morgan fingerprint density at radius 2 is 1.88 bits per heavy atom. The molecule has 0 N–H and O–H groups in total. The first kappa shape index (κ1) is 12.4. The number of amides is 1. The zero-order chi connectivity index (χ0) is 12.3. The van der Waals surface area contributed by atoms with Gasteiger partial charge in [0.1, 0.15) is 5.76 Å². The van der Waals surface area contributed by atoms with Gasteiger partial charge in [-0.05, 0) is 27.7 Å². The lowest BCUT2D eigenvalue weighted by Crippen LogP contribution is -2.31. The molecule has 5 nitrogen and oxygen atoms in total. The van der Waals surface area contributed by atoms with Crippen LogP contribution in [0.4, 0.5) is 0 Å². The fourth-order valence-electron chi connectivity index (χ4n) is 1.59. The van der Waals surface area contributed by atoms with E-state index in [0.29, 0.717) is 18.8 Å². The molecule has 1 heterocycles. The van der Waals surface area contributed by atoms with Crippen LogP contribution in [0.5, 0.6) is 0 Å². The van der Waals surface area contributed by atoms with E-state index in [1.165, 1.54) is 6.92 Å². The summed E-state index contributed by atoms with van der Waals surface area (Å²) in [6, 6.07) is 0. The van der Waals surface area contributed by atoms with Crippen LogP contribution in [0.15, 0.2) is 4.52 Å². The minimum atomic E-state index is -0.257. The summed E-state index contributed by atoms with van der Waals surface area (Å²) in [6.45, 7) is 7.95. The molecule has 1 aromatic heterocycles. The molecule has 0 fully saturated rings. The van der Waals surface area contributed by atoms with Gasteiger partial charge >= 0.3 is 0 Å². The topological polar surface area (TPSA) is 63.4 Å². The molecule has 16 heavy (non-hydrogen) atoms. The minimum absolute atomic E-state index is 0.119. The zero-order valence-corrected chi connectivity index (χ0v) is 10.0. The molecule has 0 radical (unpaired) electrons. The lowest BCUT2D eigenvalue weighted by atomic mass is 10.1. The molecule has 0 saturated heterocycles. The van der Waals surface area contributed by atoms with Crippen molar-refractivity contribution in [2.45, 2.75) is 27.7 Å². The number of aryl methyl sites for hydroxylation is 1. The van der Waals surface area contributed by atoms with Crippen LogP contribution >= 0.6 is 0 Å². The van der Waals surface area contributed by atoms with E-state index in [-0.39, 0.29) is 22.9 Å². The van der Waals surface area contributed by atoms with Crippen molar-refractivity contribution in [1.29, 1.82) is 0 Å².